The second kappa shape index (κ2) is 6.58. The van der Waals surface area contributed by atoms with Gasteiger partial charge in [-0.05, 0) is 48.7 Å². The van der Waals surface area contributed by atoms with Crippen molar-refractivity contribution in [2.24, 2.45) is 7.05 Å². The van der Waals surface area contributed by atoms with E-state index in [1.807, 2.05) is 38.4 Å². The second-order valence-corrected chi connectivity index (χ2v) is 5.31. The number of hydrogen-bond acceptors (Lipinski definition) is 5. The van der Waals surface area contributed by atoms with Gasteiger partial charge in [0.05, 0.1) is 24.9 Å². The molecule has 0 aliphatic heterocycles. The molecule has 0 unspecified atom stereocenters. The van der Waals surface area contributed by atoms with Gasteiger partial charge in [0, 0.05) is 18.1 Å². The number of benzene rings is 1. The average molecular weight is 291 g/mol. The summed E-state index contributed by atoms with van der Waals surface area (Å²) < 4.78 is 9.74. The molecule has 2 rings (SSSR count). The molecule has 5 nitrogen and oxygen atoms in total. The monoisotopic (exact) mass is 291 g/mol. The third kappa shape index (κ3) is 3.61. The summed E-state index contributed by atoms with van der Waals surface area (Å²) in [4.78, 5) is 12.5. The van der Waals surface area contributed by atoms with Crippen LogP contribution >= 0.6 is 11.9 Å². The maximum atomic E-state index is 11.4. The van der Waals surface area contributed by atoms with E-state index < -0.39 is 0 Å². The van der Waals surface area contributed by atoms with E-state index in [0.717, 1.165) is 16.2 Å². The Hall–Kier alpha value is -1.79. The first kappa shape index (κ1) is 14.6. The highest BCUT2D eigenvalue weighted by atomic mass is 32.2. The minimum absolute atomic E-state index is 0.314. The molecule has 0 aliphatic carbocycles. The standard InChI is InChI=1S/C14H17N3O2S/c1-10-8-11(14(18)19-3)4-5-13(10)20-15-9-12-6-7-17(2)16-12/h4-8,15H,9H2,1-3H3. The molecule has 1 N–H and O–H groups in total. The van der Waals surface area contributed by atoms with Crippen molar-refractivity contribution in [1.29, 1.82) is 0 Å². The van der Waals surface area contributed by atoms with Crippen LogP contribution in [0.15, 0.2) is 35.4 Å². The number of methoxy groups -OCH3 is 1. The molecule has 0 atom stereocenters. The van der Waals surface area contributed by atoms with Crippen LogP contribution in [-0.4, -0.2) is 22.9 Å². The smallest absolute Gasteiger partial charge is 0.337 e. The number of rotatable bonds is 5. The van der Waals surface area contributed by atoms with Gasteiger partial charge in [0.1, 0.15) is 0 Å². The van der Waals surface area contributed by atoms with Gasteiger partial charge in [0.25, 0.3) is 0 Å². The quantitative estimate of drug-likeness (QED) is 0.677. The second-order valence-electron chi connectivity index (χ2n) is 4.38. The van der Waals surface area contributed by atoms with Crippen molar-refractivity contribution in [1.82, 2.24) is 14.5 Å². The van der Waals surface area contributed by atoms with Gasteiger partial charge < -0.3 is 4.74 Å². The van der Waals surface area contributed by atoms with Gasteiger partial charge in [-0.3, -0.25) is 9.40 Å². The Morgan fingerprint density at radius 2 is 2.25 bits per heavy atom. The molecule has 0 bridgehead atoms. The van der Waals surface area contributed by atoms with Crippen molar-refractivity contribution < 1.29 is 9.53 Å². The normalized spacial score (nSPS) is 10.6. The van der Waals surface area contributed by atoms with E-state index in [0.29, 0.717) is 12.1 Å². The summed E-state index contributed by atoms with van der Waals surface area (Å²) in [7, 11) is 3.28. The Morgan fingerprint density at radius 1 is 1.45 bits per heavy atom. The Morgan fingerprint density at radius 3 is 2.85 bits per heavy atom. The molecule has 2 aromatic rings. The van der Waals surface area contributed by atoms with E-state index >= 15 is 0 Å². The summed E-state index contributed by atoms with van der Waals surface area (Å²) in [5.74, 6) is -0.314. The van der Waals surface area contributed by atoms with Gasteiger partial charge in [0.15, 0.2) is 0 Å². The van der Waals surface area contributed by atoms with E-state index in [2.05, 4.69) is 9.82 Å². The van der Waals surface area contributed by atoms with Crippen LogP contribution in [0.3, 0.4) is 0 Å². The lowest BCUT2D eigenvalue weighted by Crippen LogP contribution is -2.06. The highest BCUT2D eigenvalue weighted by molar-refractivity contribution is 7.97. The number of nitrogens with zero attached hydrogens (tertiary/aromatic N) is 2. The molecule has 0 aliphatic rings. The van der Waals surface area contributed by atoms with Crippen molar-refractivity contribution in [3.63, 3.8) is 0 Å². The van der Waals surface area contributed by atoms with Crippen molar-refractivity contribution in [3.8, 4) is 0 Å². The van der Waals surface area contributed by atoms with Crippen molar-refractivity contribution >= 4 is 17.9 Å². The highest BCUT2D eigenvalue weighted by Crippen LogP contribution is 2.21. The van der Waals surface area contributed by atoms with Crippen LogP contribution in [0, 0.1) is 6.92 Å². The molecule has 0 saturated carbocycles. The molecule has 20 heavy (non-hydrogen) atoms. The number of carbonyl (C=O) groups excluding carboxylic acids is 1. The van der Waals surface area contributed by atoms with Crippen molar-refractivity contribution in [2.45, 2.75) is 18.4 Å². The van der Waals surface area contributed by atoms with Crippen LogP contribution in [0.25, 0.3) is 0 Å². The summed E-state index contributed by atoms with van der Waals surface area (Å²) in [6.45, 7) is 2.65. The molecule has 1 heterocycles. The first-order valence-corrected chi connectivity index (χ1v) is 6.99. The summed E-state index contributed by atoms with van der Waals surface area (Å²) in [6, 6.07) is 7.48. The van der Waals surface area contributed by atoms with Crippen molar-refractivity contribution in [2.75, 3.05) is 7.11 Å². The van der Waals surface area contributed by atoms with E-state index in [1.54, 1.807) is 10.7 Å². The van der Waals surface area contributed by atoms with Gasteiger partial charge in [-0.2, -0.15) is 5.10 Å². The summed E-state index contributed by atoms with van der Waals surface area (Å²) in [6.07, 6.45) is 1.91. The highest BCUT2D eigenvalue weighted by Gasteiger charge is 2.08. The van der Waals surface area contributed by atoms with Gasteiger partial charge in [-0.1, -0.05) is 0 Å². The van der Waals surface area contributed by atoms with Crippen LogP contribution < -0.4 is 4.72 Å². The number of hydrogen-bond donors (Lipinski definition) is 1. The SMILES string of the molecule is COC(=O)c1ccc(SNCc2ccn(C)n2)c(C)c1. The fourth-order valence-electron chi connectivity index (χ4n) is 1.75. The lowest BCUT2D eigenvalue weighted by atomic mass is 10.1. The first-order chi connectivity index (χ1) is 9.60. The van der Waals surface area contributed by atoms with E-state index in [4.69, 9.17) is 4.74 Å². The number of aryl methyl sites for hydroxylation is 2. The maximum Gasteiger partial charge on any atom is 0.337 e. The fourth-order valence-corrected chi connectivity index (χ4v) is 2.49. The number of nitrogens with one attached hydrogen (secondary N) is 1. The summed E-state index contributed by atoms with van der Waals surface area (Å²) >= 11 is 1.53. The molecule has 0 amide bonds. The molecule has 0 fully saturated rings. The predicted molar refractivity (Wildman–Crippen MR) is 78.4 cm³/mol. The molecule has 6 heteroatoms. The zero-order valence-electron chi connectivity index (χ0n) is 11.7. The number of aromatic nitrogens is 2. The molecule has 0 radical (unpaired) electrons. The van der Waals surface area contributed by atoms with E-state index in [-0.39, 0.29) is 5.97 Å². The Kier molecular flexibility index (Phi) is 4.81. The van der Waals surface area contributed by atoms with Crippen LogP contribution in [-0.2, 0) is 18.3 Å². The largest absolute Gasteiger partial charge is 0.465 e. The number of ether oxygens (including phenoxy) is 1. The Labute approximate surface area is 122 Å². The van der Waals surface area contributed by atoms with Gasteiger partial charge in [-0.15, -0.1) is 0 Å². The molecule has 0 spiro atoms. The molecule has 1 aromatic heterocycles. The summed E-state index contributed by atoms with van der Waals surface area (Å²) in [5, 5.41) is 4.29. The molecule has 1 aromatic carbocycles. The molecular weight excluding hydrogens is 274 g/mol. The zero-order chi connectivity index (χ0) is 14.5. The third-order valence-electron chi connectivity index (χ3n) is 2.80. The Bertz CT molecular complexity index is 610. The number of esters is 1. The fraction of sp³-hybridized carbons (Fsp3) is 0.286. The zero-order valence-corrected chi connectivity index (χ0v) is 12.5. The summed E-state index contributed by atoms with van der Waals surface area (Å²) in [5.41, 5.74) is 2.59. The minimum atomic E-state index is -0.314. The maximum absolute atomic E-state index is 11.4. The van der Waals surface area contributed by atoms with Crippen LogP contribution in [0.5, 0.6) is 0 Å². The third-order valence-corrected chi connectivity index (χ3v) is 3.77. The van der Waals surface area contributed by atoms with Gasteiger partial charge >= 0.3 is 5.97 Å². The van der Waals surface area contributed by atoms with Crippen LogP contribution in [0.4, 0.5) is 0 Å². The van der Waals surface area contributed by atoms with Crippen LogP contribution in [0.2, 0.25) is 0 Å². The minimum Gasteiger partial charge on any atom is -0.465 e. The van der Waals surface area contributed by atoms with Gasteiger partial charge in [-0.25, -0.2) is 4.79 Å². The average Bonchev–Trinajstić information content (AvgIpc) is 2.85. The van der Waals surface area contributed by atoms with Crippen molar-refractivity contribution in [3.05, 3.63) is 47.3 Å². The van der Waals surface area contributed by atoms with E-state index in [9.17, 15) is 4.79 Å². The lowest BCUT2D eigenvalue weighted by molar-refractivity contribution is 0.0600. The first-order valence-electron chi connectivity index (χ1n) is 6.17. The number of carbonyl (C=O) groups is 1. The topological polar surface area (TPSA) is 56.1 Å². The molecular formula is C14H17N3O2S. The Balaban J connectivity index is 1.94. The molecule has 106 valence electrons. The van der Waals surface area contributed by atoms with Gasteiger partial charge in [0.2, 0.25) is 0 Å². The molecule has 0 saturated heterocycles. The predicted octanol–water partition coefficient (Wildman–Crippen LogP) is 2.31. The lowest BCUT2D eigenvalue weighted by Gasteiger charge is -2.07. The van der Waals surface area contributed by atoms with E-state index in [1.165, 1.54) is 19.1 Å². The van der Waals surface area contributed by atoms with Crippen LogP contribution in [0.1, 0.15) is 21.6 Å².